The van der Waals surface area contributed by atoms with Gasteiger partial charge in [-0.05, 0) is 24.1 Å². The molecular weight excluding hydrogens is 345 g/mol. The van der Waals surface area contributed by atoms with Gasteiger partial charge in [0.15, 0.2) is 6.61 Å². The van der Waals surface area contributed by atoms with Crippen molar-refractivity contribution in [1.82, 2.24) is 9.55 Å². The maximum absolute atomic E-state index is 13.1. The zero-order chi connectivity index (χ0) is 19.3. The number of ketones is 1. The molecule has 0 fully saturated rings. The van der Waals surface area contributed by atoms with Crippen molar-refractivity contribution in [1.29, 1.82) is 0 Å². The number of rotatable bonds is 7. The second-order valence-corrected chi connectivity index (χ2v) is 5.56. The lowest BCUT2D eigenvalue weighted by atomic mass is 10.1. The number of carbonyl (C=O) groups is 2. The van der Waals surface area contributed by atoms with Crippen molar-refractivity contribution in [2.45, 2.75) is 26.3 Å². The van der Waals surface area contributed by atoms with E-state index in [1.165, 1.54) is 24.3 Å². The Balaban J connectivity index is 2.10. The van der Waals surface area contributed by atoms with Gasteiger partial charge < -0.3 is 10.5 Å². The van der Waals surface area contributed by atoms with Crippen molar-refractivity contribution in [2.75, 3.05) is 12.3 Å². The Morgan fingerprint density at radius 3 is 2.69 bits per heavy atom. The lowest BCUT2D eigenvalue weighted by Gasteiger charge is -2.11. The third-order valence-corrected chi connectivity index (χ3v) is 3.57. The Morgan fingerprint density at radius 2 is 2.04 bits per heavy atom. The van der Waals surface area contributed by atoms with Crippen molar-refractivity contribution in [3.63, 3.8) is 0 Å². The van der Waals surface area contributed by atoms with Crippen molar-refractivity contribution in [2.24, 2.45) is 0 Å². The van der Waals surface area contributed by atoms with Gasteiger partial charge in [0, 0.05) is 6.54 Å². The van der Waals surface area contributed by atoms with Gasteiger partial charge in [-0.2, -0.15) is 0 Å². The molecule has 0 bridgehead atoms. The van der Waals surface area contributed by atoms with Crippen LogP contribution in [-0.2, 0) is 22.5 Å². The number of nitrogens with zero attached hydrogens (tertiary/aromatic N) is 1. The van der Waals surface area contributed by atoms with Crippen LogP contribution < -0.4 is 17.0 Å². The number of anilines is 1. The first-order valence-corrected chi connectivity index (χ1v) is 7.89. The molecule has 3 N–H and O–H groups in total. The van der Waals surface area contributed by atoms with E-state index in [2.05, 4.69) is 0 Å². The van der Waals surface area contributed by atoms with Crippen LogP contribution in [0.25, 0.3) is 0 Å². The van der Waals surface area contributed by atoms with E-state index in [1.807, 2.05) is 4.98 Å². The molecule has 0 aliphatic heterocycles. The Bertz CT molecular complexity index is 948. The number of esters is 1. The zero-order valence-corrected chi connectivity index (χ0v) is 14.1. The fourth-order valence-corrected chi connectivity index (χ4v) is 2.39. The first-order chi connectivity index (χ1) is 12.3. The van der Waals surface area contributed by atoms with E-state index in [1.54, 1.807) is 6.92 Å². The number of nitrogen functional groups attached to an aromatic ring is 1. The highest BCUT2D eigenvalue weighted by molar-refractivity contribution is 6.01. The lowest BCUT2D eigenvalue weighted by Crippen LogP contribution is -2.37. The molecule has 26 heavy (non-hydrogen) atoms. The normalized spacial score (nSPS) is 10.5. The number of hydrogen-bond donors (Lipinski definition) is 2. The highest BCUT2D eigenvalue weighted by atomic mass is 19.1. The monoisotopic (exact) mass is 363 g/mol. The number of aromatic nitrogens is 2. The van der Waals surface area contributed by atoms with E-state index in [0.717, 1.165) is 4.57 Å². The number of hydrogen-bond acceptors (Lipinski definition) is 6. The van der Waals surface area contributed by atoms with Gasteiger partial charge in [-0.25, -0.2) is 9.18 Å². The van der Waals surface area contributed by atoms with Gasteiger partial charge in [0.1, 0.15) is 17.2 Å². The van der Waals surface area contributed by atoms with E-state index in [9.17, 15) is 23.6 Å². The van der Waals surface area contributed by atoms with Crippen molar-refractivity contribution in [3.05, 3.63) is 62.0 Å². The Kier molecular flexibility index (Phi) is 6.05. The van der Waals surface area contributed by atoms with Gasteiger partial charge in [-0.3, -0.25) is 23.9 Å². The number of Topliss-reactive ketones (excluding diaryl/α,β-unsaturated/α-hetero) is 1. The first kappa shape index (κ1) is 19.1. The molecule has 138 valence electrons. The molecule has 0 amide bonds. The van der Waals surface area contributed by atoms with Gasteiger partial charge in [-0.1, -0.05) is 19.1 Å². The highest BCUT2D eigenvalue weighted by Gasteiger charge is 2.20. The molecular formula is C17H18FN3O5. The van der Waals surface area contributed by atoms with Gasteiger partial charge in [-0.15, -0.1) is 0 Å². The molecule has 8 nitrogen and oxygen atoms in total. The number of halogens is 1. The van der Waals surface area contributed by atoms with Crippen LogP contribution in [0, 0.1) is 5.82 Å². The molecule has 0 saturated carbocycles. The predicted molar refractivity (Wildman–Crippen MR) is 91.4 cm³/mol. The second-order valence-electron chi connectivity index (χ2n) is 5.56. The first-order valence-electron chi connectivity index (χ1n) is 7.89. The number of ether oxygens (including phenoxy) is 1. The summed E-state index contributed by atoms with van der Waals surface area (Å²) in [4.78, 5) is 49.6. The summed E-state index contributed by atoms with van der Waals surface area (Å²) in [5.41, 5.74) is 4.06. The van der Waals surface area contributed by atoms with Gasteiger partial charge in [0.2, 0.25) is 5.78 Å². The number of carbonyl (C=O) groups excluding carboxylic acids is 2. The summed E-state index contributed by atoms with van der Waals surface area (Å²) in [6, 6.07) is 5.39. The lowest BCUT2D eigenvalue weighted by molar-refractivity contribution is -0.141. The minimum absolute atomic E-state index is 0.223. The molecule has 0 atom stereocenters. The molecule has 0 aliphatic carbocycles. The Labute approximate surface area is 147 Å². The van der Waals surface area contributed by atoms with Gasteiger partial charge >= 0.3 is 11.7 Å². The molecule has 0 spiro atoms. The maximum Gasteiger partial charge on any atom is 0.329 e. The molecule has 2 aromatic rings. The number of H-pyrrole nitrogens is 1. The smallest absolute Gasteiger partial charge is 0.329 e. The van der Waals surface area contributed by atoms with Crippen LogP contribution in [0.4, 0.5) is 10.2 Å². The molecule has 1 aromatic carbocycles. The van der Waals surface area contributed by atoms with E-state index in [0.29, 0.717) is 12.0 Å². The summed E-state index contributed by atoms with van der Waals surface area (Å²) in [6.45, 7) is 1.31. The standard InChI is InChI=1S/C17H18FN3O5/c1-2-6-21-15(19)14(16(24)20-17(21)25)12(22)9-26-13(23)8-10-4-3-5-11(18)7-10/h3-5,7H,2,6,8-9,19H2,1H3,(H,20,24,25). The van der Waals surface area contributed by atoms with Crippen LogP contribution in [0.5, 0.6) is 0 Å². The minimum Gasteiger partial charge on any atom is -0.457 e. The SMILES string of the molecule is CCCn1c(N)c(C(=O)COC(=O)Cc2cccc(F)c2)c(=O)[nH]c1=O. The van der Waals surface area contributed by atoms with E-state index in [-0.39, 0.29) is 18.8 Å². The van der Waals surface area contributed by atoms with Crippen LogP contribution in [0.3, 0.4) is 0 Å². The summed E-state index contributed by atoms with van der Waals surface area (Å²) < 4.78 is 19.0. The molecule has 1 aromatic heterocycles. The van der Waals surface area contributed by atoms with Crippen molar-refractivity contribution < 1.29 is 18.7 Å². The summed E-state index contributed by atoms with van der Waals surface area (Å²) >= 11 is 0. The summed E-state index contributed by atoms with van der Waals surface area (Å²) in [5, 5.41) is 0. The predicted octanol–water partition coefficient (Wildman–Crippen LogP) is 0.636. The van der Waals surface area contributed by atoms with Crippen molar-refractivity contribution >= 4 is 17.6 Å². The molecule has 0 unspecified atom stereocenters. The summed E-state index contributed by atoms with van der Waals surface area (Å²) in [5.74, 6) is -2.36. The van der Waals surface area contributed by atoms with E-state index in [4.69, 9.17) is 10.5 Å². The Morgan fingerprint density at radius 1 is 1.31 bits per heavy atom. The summed E-state index contributed by atoms with van der Waals surface area (Å²) in [7, 11) is 0. The summed E-state index contributed by atoms with van der Waals surface area (Å²) in [6.07, 6.45) is 0.332. The molecule has 1 heterocycles. The molecule has 9 heteroatoms. The average molecular weight is 363 g/mol. The molecule has 2 rings (SSSR count). The number of nitrogens with one attached hydrogen (secondary N) is 1. The highest BCUT2D eigenvalue weighted by Crippen LogP contribution is 2.08. The number of nitrogens with two attached hydrogens (primary N) is 1. The van der Waals surface area contributed by atoms with Crippen LogP contribution in [0.1, 0.15) is 29.3 Å². The average Bonchev–Trinajstić information content (AvgIpc) is 2.56. The zero-order valence-electron chi connectivity index (χ0n) is 14.1. The molecule has 0 radical (unpaired) electrons. The van der Waals surface area contributed by atoms with Gasteiger partial charge in [0.05, 0.1) is 6.42 Å². The van der Waals surface area contributed by atoms with E-state index < -0.39 is 41.0 Å². The number of benzene rings is 1. The molecule has 0 saturated heterocycles. The largest absolute Gasteiger partial charge is 0.457 e. The van der Waals surface area contributed by atoms with Crippen LogP contribution >= 0.6 is 0 Å². The Hall–Kier alpha value is -3.23. The third kappa shape index (κ3) is 4.44. The van der Waals surface area contributed by atoms with Crippen LogP contribution in [0.2, 0.25) is 0 Å². The van der Waals surface area contributed by atoms with Crippen LogP contribution in [-0.4, -0.2) is 27.9 Å². The second kappa shape index (κ2) is 8.24. The minimum atomic E-state index is -0.939. The number of aromatic amines is 1. The van der Waals surface area contributed by atoms with Gasteiger partial charge in [0.25, 0.3) is 5.56 Å². The van der Waals surface area contributed by atoms with E-state index >= 15 is 0 Å². The quantitative estimate of drug-likeness (QED) is 0.549. The fourth-order valence-electron chi connectivity index (χ4n) is 2.39. The molecule has 0 aliphatic rings. The topological polar surface area (TPSA) is 124 Å². The maximum atomic E-state index is 13.1. The van der Waals surface area contributed by atoms with Crippen LogP contribution in [0.15, 0.2) is 33.9 Å². The third-order valence-electron chi connectivity index (χ3n) is 3.57. The van der Waals surface area contributed by atoms with Crippen molar-refractivity contribution in [3.8, 4) is 0 Å². The fraction of sp³-hybridized carbons (Fsp3) is 0.294.